The zero-order chi connectivity index (χ0) is 16.3. The molecule has 1 aliphatic rings. The molecule has 2 amide bonds. The van der Waals surface area contributed by atoms with Crippen molar-refractivity contribution in [1.82, 2.24) is 5.32 Å². The third-order valence-electron chi connectivity index (χ3n) is 3.74. The van der Waals surface area contributed by atoms with E-state index in [0.717, 1.165) is 38.2 Å². The van der Waals surface area contributed by atoms with Gasteiger partial charge in [-0.25, -0.2) is 0 Å². The van der Waals surface area contributed by atoms with Crippen LogP contribution in [-0.4, -0.2) is 30.8 Å². The van der Waals surface area contributed by atoms with Crippen molar-refractivity contribution in [3.63, 3.8) is 0 Å². The number of carbonyl (C=O) groups is 2. The molecule has 22 heavy (non-hydrogen) atoms. The predicted octanol–water partition coefficient (Wildman–Crippen LogP) is 1.09. The summed E-state index contributed by atoms with van der Waals surface area (Å²) < 4.78 is 31.9. The lowest BCUT2D eigenvalue weighted by atomic mass is 9.95. The SMILES string of the molecule is NC(=O)c1c(C(=O)NC2CCCCC2)cccc1S(=O)(=O)O. The van der Waals surface area contributed by atoms with Crippen molar-refractivity contribution in [2.24, 2.45) is 5.73 Å². The summed E-state index contributed by atoms with van der Waals surface area (Å²) in [5.74, 6) is -1.65. The van der Waals surface area contributed by atoms with E-state index in [4.69, 9.17) is 5.73 Å². The lowest BCUT2D eigenvalue weighted by Crippen LogP contribution is -2.37. The van der Waals surface area contributed by atoms with Crippen LogP contribution in [0.1, 0.15) is 52.8 Å². The normalized spacial score (nSPS) is 16.2. The molecule has 1 aromatic carbocycles. The first-order valence-corrected chi connectivity index (χ1v) is 8.46. The van der Waals surface area contributed by atoms with Crippen LogP contribution in [0.25, 0.3) is 0 Å². The Morgan fingerprint density at radius 3 is 2.36 bits per heavy atom. The standard InChI is InChI=1S/C14H18N2O5S/c15-13(17)12-10(7-4-8-11(12)22(19,20)21)14(18)16-9-5-2-1-3-6-9/h4,7-9H,1-3,5-6H2,(H2,15,17)(H,16,18)(H,19,20,21). The molecule has 1 aromatic rings. The Labute approximate surface area is 128 Å². The van der Waals surface area contributed by atoms with Crippen LogP contribution in [0.5, 0.6) is 0 Å². The summed E-state index contributed by atoms with van der Waals surface area (Å²) in [5, 5.41) is 2.79. The largest absolute Gasteiger partial charge is 0.366 e. The second kappa shape index (κ2) is 6.45. The van der Waals surface area contributed by atoms with E-state index in [2.05, 4.69) is 5.32 Å². The molecule has 4 N–H and O–H groups in total. The molecule has 2 rings (SSSR count). The van der Waals surface area contributed by atoms with Crippen LogP contribution in [0.3, 0.4) is 0 Å². The Hall–Kier alpha value is -1.93. The Morgan fingerprint density at radius 2 is 1.82 bits per heavy atom. The minimum Gasteiger partial charge on any atom is -0.366 e. The molecule has 1 aliphatic carbocycles. The summed E-state index contributed by atoms with van der Waals surface area (Å²) >= 11 is 0. The van der Waals surface area contributed by atoms with Crippen molar-refractivity contribution in [3.05, 3.63) is 29.3 Å². The highest BCUT2D eigenvalue weighted by atomic mass is 32.2. The molecule has 0 radical (unpaired) electrons. The Bertz CT molecular complexity index is 693. The molecule has 0 atom stereocenters. The van der Waals surface area contributed by atoms with Crippen molar-refractivity contribution in [2.45, 2.75) is 43.0 Å². The lowest BCUT2D eigenvalue weighted by Gasteiger charge is -2.23. The van der Waals surface area contributed by atoms with Crippen molar-refractivity contribution in [1.29, 1.82) is 0 Å². The van der Waals surface area contributed by atoms with E-state index < -0.39 is 32.4 Å². The molecule has 0 saturated heterocycles. The van der Waals surface area contributed by atoms with E-state index in [1.54, 1.807) is 0 Å². The fourth-order valence-corrected chi connectivity index (χ4v) is 3.42. The summed E-state index contributed by atoms with van der Waals surface area (Å²) in [5.41, 5.74) is 4.56. The van der Waals surface area contributed by atoms with Crippen LogP contribution in [-0.2, 0) is 10.1 Å². The number of hydrogen-bond donors (Lipinski definition) is 3. The second-order valence-corrected chi connectivity index (χ2v) is 6.72. The number of carbonyl (C=O) groups excluding carboxylic acids is 2. The molecule has 0 unspecified atom stereocenters. The van der Waals surface area contributed by atoms with Crippen LogP contribution in [0.15, 0.2) is 23.1 Å². The van der Waals surface area contributed by atoms with E-state index in [-0.39, 0.29) is 11.6 Å². The van der Waals surface area contributed by atoms with Crippen molar-refractivity contribution in [3.8, 4) is 0 Å². The first-order valence-electron chi connectivity index (χ1n) is 7.02. The number of nitrogens with two attached hydrogens (primary N) is 1. The molecule has 0 aliphatic heterocycles. The fraction of sp³-hybridized carbons (Fsp3) is 0.429. The number of hydrogen-bond acceptors (Lipinski definition) is 4. The number of amides is 2. The predicted molar refractivity (Wildman–Crippen MR) is 79.1 cm³/mol. The Morgan fingerprint density at radius 1 is 1.18 bits per heavy atom. The van der Waals surface area contributed by atoms with Crippen molar-refractivity contribution < 1.29 is 22.6 Å². The quantitative estimate of drug-likeness (QED) is 0.714. The third kappa shape index (κ3) is 3.63. The van der Waals surface area contributed by atoms with Crippen LogP contribution in [0.4, 0.5) is 0 Å². The first kappa shape index (κ1) is 16.4. The van der Waals surface area contributed by atoms with Gasteiger partial charge in [0, 0.05) is 6.04 Å². The maximum Gasteiger partial charge on any atom is 0.295 e. The lowest BCUT2D eigenvalue weighted by molar-refractivity contribution is 0.0913. The first-order chi connectivity index (χ1) is 10.3. The molecule has 0 spiro atoms. The van der Waals surface area contributed by atoms with E-state index in [9.17, 15) is 22.6 Å². The van der Waals surface area contributed by atoms with Gasteiger partial charge in [0.05, 0.1) is 11.1 Å². The average Bonchev–Trinajstić information content (AvgIpc) is 2.46. The number of benzene rings is 1. The fourth-order valence-electron chi connectivity index (χ4n) is 2.70. The molecule has 1 saturated carbocycles. The number of nitrogens with one attached hydrogen (secondary N) is 1. The van der Waals surface area contributed by atoms with Crippen LogP contribution in [0, 0.1) is 0 Å². The summed E-state index contributed by atoms with van der Waals surface area (Å²) in [6, 6.07) is 3.63. The van der Waals surface area contributed by atoms with Gasteiger partial charge in [0.15, 0.2) is 0 Å². The summed E-state index contributed by atoms with van der Waals surface area (Å²) in [7, 11) is -4.65. The van der Waals surface area contributed by atoms with E-state index in [1.807, 2.05) is 0 Å². The molecule has 8 heteroatoms. The summed E-state index contributed by atoms with van der Waals surface area (Å²) in [6.07, 6.45) is 4.83. The molecule has 1 fully saturated rings. The summed E-state index contributed by atoms with van der Waals surface area (Å²) in [6.45, 7) is 0. The average molecular weight is 326 g/mol. The third-order valence-corrected chi connectivity index (χ3v) is 4.63. The maximum absolute atomic E-state index is 12.3. The second-order valence-electron chi connectivity index (χ2n) is 5.33. The van der Waals surface area contributed by atoms with Gasteiger partial charge >= 0.3 is 0 Å². The van der Waals surface area contributed by atoms with E-state index in [1.165, 1.54) is 12.1 Å². The molecule has 0 aromatic heterocycles. The molecular weight excluding hydrogens is 308 g/mol. The Balaban J connectivity index is 2.37. The zero-order valence-electron chi connectivity index (χ0n) is 11.9. The minimum atomic E-state index is -4.65. The highest BCUT2D eigenvalue weighted by Gasteiger charge is 2.26. The van der Waals surface area contributed by atoms with Gasteiger partial charge in [-0.05, 0) is 25.0 Å². The highest BCUT2D eigenvalue weighted by molar-refractivity contribution is 7.86. The van der Waals surface area contributed by atoms with Gasteiger partial charge in [0.2, 0.25) is 0 Å². The minimum absolute atomic E-state index is 0.00336. The highest BCUT2D eigenvalue weighted by Crippen LogP contribution is 2.21. The zero-order valence-corrected chi connectivity index (χ0v) is 12.7. The molecule has 120 valence electrons. The summed E-state index contributed by atoms with van der Waals surface area (Å²) in [4.78, 5) is 23.2. The van der Waals surface area contributed by atoms with Crippen molar-refractivity contribution in [2.75, 3.05) is 0 Å². The van der Waals surface area contributed by atoms with Gasteiger partial charge in [-0.3, -0.25) is 14.1 Å². The molecule has 7 nitrogen and oxygen atoms in total. The smallest absolute Gasteiger partial charge is 0.295 e. The van der Waals surface area contributed by atoms with Crippen LogP contribution < -0.4 is 11.1 Å². The molecular formula is C14H18N2O5S. The Kier molecular flexibility index (Phi) is 4.82. The maximum atomic E-state index is 12.3. The molecule has 0 bridgehead atoms. The van der Waals surface area contributed by atoms with E-state index >= 15 is 0 Å². The number of rotatable bonds is 4. The van der Waals surface area contributed by atoms with Gasteiger partial charge in [0.25, 0.3) is 21.9 Å². The van der Waals surface area contributed by atoms with Crippen LogP contribution in [0.2, 0.25) is 0 Å². The van der Waals surface area contributed by atoms with Gasteiger partial charge in [0.1, 0.15) is 4.90 Å². The van der Waals surface area contributed by atoms with E-state index in [0.29, 0.717) is 0 Å². The van der Waals surface area contributed by atoms with Crippen molar-refractivity contribution >= 4 is 21.9 Å². The number of primary amides is 1. The topological polar surface area (TPSA) is 127 Å². The monoisotopic (exact) mass is 326 g/mol. The van der Waals surface area contributed by atoms with Gasteiger partial charge in [-0.2, -0.15) is 8.42 Å². The van der Waals surface area contributed by atoms with Gasteiger partial charge in [-0.15, -0.1) is 0 Å². The van der Waals surface area contributed by atoms with Gasteiger partial charge < -0.3 is 11.1 Å². The van der Waals surface area contributed by atoms with Crippen LogP contribution >= 0.6 is 0 Å². The molecule has 0 heterocycles. The van der Waals surface area contributed by atoms with Gasteiger partial charge in [-0.1, -0.05) is 25.3 Å².